The summed E-state index contributed by atoms with van der Waals surface area (Å²) in [6.07, 6.45) is 2.34. The average molecular weight is 159 g/mol. The highest BCUT2D eigenvalue weighted by molar-refractivity contribution is 7.84. The van der Waals surface area contributed by atoms with Gasteiger partial charge < -0.3 is 4.90 Å². The fourth-order valence-electron chi connectivity index (χ4n) is 0.374. The summed E-state index contributed by atoms with van der Waals surface area (Å²) in [5.41, 5.74) is 0. The molecule has 0 radical (unpaired) electrons. The van der Waals surface area contributed by atoms with E-state index in [1.165, 1.54) is 11.0 Å². The molecule has 0 aliphatic heterocycles. The van der Waals surface area contributed by atoms with Gasteiger partial charge in [-0.3, -0.25) is 4.79 Å². The maximum absolute atomic E-state index is 10.9. The highest BCUT2D eigenvalue weighted by Gasteiger charge is 1.98. The molecule has 0 aromatic heterocycles. The van der Waals surface area contributed by atoms with Gasteiger partial charge in [0.1, 0.15) is 0 Å². The van der Waals surface area contributed by atoms with Gasteiger partial charge in [-0.25, -0.2) is 0 Å². The number of amides is 1. The van der Waals surface area contributed by atoms with E-state index in [4.69, 9.17) is 0 Å². The number of carbonyl (C=O) groups excluding carboxylic acids is 1. The van der Waals surface area contributed by atoms with E-state index in [9.17, 15) is 4.79 Å². The van der Waals surface area contributed by atoms with E-state index in [2.05, 4.69) is 12.6 Å². The predicted octanol–water partition coefficient (Wildman–Crippen LogP) is 1.30. The number of rotatable bonds is 2. The van der Waals surface area contributed by atoms with E-state index in [1.54, 1.807) is 14.1 Å². The van der Waals surface area contributed by atoms with Gasteiger partial charge in [0.05, 0.1) is 0 Å². The molecule has 0 spiro atoms. The van der Waals surface area contributed by atoms with Crippen molar-refractivity contribution in [3.8, 4) is 0 Å². The van der Waals surface area contributed by atoms with E-state index < -0.39 is 0 Å². The van der Waals surface area contributed by atoms with Crippen LogP contribution in [0.1, 0.15) is 13.3 Å². The van der Waals surface area contributed by atoms with E-state index in [0.717, 1.165) is 11.3 Å². The lowest BCUT2D eigenvalue weighted by Gasteiger charge is -2.05. The molecular formula is C7H13NOS. The van der Waals surface area contributed by atoms with Crippen molar-refractivity contribution < 1.29 is 4.79 Å². The molecule has 0 bridgehead atoms. The number of hydrogen-bond donors (Lipinski definition) is 1. The second kappa shape index (κ2) is 4.39. The molecule has 10 heavy (non-hydrogen) atoms. The normalized spacial score (nSPS) is 11.4. The first-order valence-corrected chi connectivity index (χ1v) is 3.63. The Morgan fingerprint density at radius 1 is 1.60 bits per heavy atom. The van der Waals surface area contributed by atoms with Crippen LogP contribution >= 0.6 is 12.6 Å². The number of allylic oxidation sites excluding steroid dienone is 1. The second-order valence-corrected chi connectivity index (χ2v) is 2.80. The molecule has 2 nitrogen and oxygen atoms in total. The van der Waals surface area contributed by atoms with Gasteiger partial charge >= 0.3 is 0 Å². The van der Waals surface area contributed by atoms with Gasteiger partial charge in [0.2, 0.25) is 5.91 Å². The fourth-order valence-corrected chi connectivity index (χ4v) is 0.484. The second-order valence-electron chi connectivity index (χ2n) is 2.22. The van der Waals surface area contributed by atoms with Crippen molar-refractivity contribution in [3.05, 3.63) is 11.0 Å². The summed E-state index contributed by atoms with van der Waals surface area (Å²) in [6, 6.07) is 0. The van der Waals surface area contributed by atoms with Gasteiger partial charge in [0, 0.05) is 20.2 Å². The van der Waals surface area contributed by atoms with E-state index >= 15 is 0 Å². The molecule has 3 heteroatoms. The molecule has 0 rings (SSSR count). The summed E-state index contributed by atoms with van der Waals surface area (Å²) in [5.74, 6) is -0.00755. The van der Waals surface area contributed by atoms with Crippen LogP contribution in [0.4, 0.5) is 0 Å². The Balaban J connectivity index is 4.00. The van der Waals surface area contributed by atoms with Crippen molar-refractivity contribution in [1.82, 2.24) is 4.90 Å². The van der Waals surface area contributed by atoms with Gasteiger partial charge in [0.15, 0.2) is 0 Å². The van der Waals surface area contributed by atoms with E-state index in [1.807, 2.05) is 6.92 Å². The molecule has 1 amide bonds. The summed E-state index contributed by atoms with van der Waals surface area (Å²) in [7, 11) is 3.44. The van der Waals surface area contributed by atoms with Crippen molar-refractivity contribution in [2.24, 2.45) is 0 Å². The first-order valence-electron chi connectivity index (χ1n) is 3.18. The number of likely N-dealkylation sites (N-methyl/N-ethyl adjacent to an activating group) is 1. The van der Waals surface area contributed by atoms with Crippen LogP contribution < -0.4 is 0 Å². The molecule has 0 aromatic carbocycles. The van der Waals surface area contributed by atoms with Gasteiger partial charge in [-0.1, -0.05) is 6.92 Å². The standard InChI is InChI=1S/C7H13NOS/c1-4-6(10)5-7(9)8(2)3/h5,10H,4H2,1-3H3/b6-5-. The van der Waals surface area contributed by atoms with Crippen LogP contribution in [0.25, 0.3) is 0 Å². The number of hydrogen-bond acceptors (Lipinski definition) is 2. The quantitative estimate of drug-likeness (QED) is 0.475. The van der Waals surface area contributed by atoms with Crippen molar-refractivity contribution >= 4 is 18.5 Å². The number of thiol groups is 1. The summed E-state index contributed by atoms with van der Waals surface area (Å²) >= 11 is 4.08. The minimum Gasteiger partial charge on any atom is -0.345 e. The lowest BCUT2D eigenvalue weighted by molar-refractivity contribution is -0.123. The molecule has 0 saturated carbocycles. The van der Waals surface area contributed by atoms with Crippen molar-refractivity contribution in [3.63, 3.8) is 0 Å². The van der Waals surface area contributed by atoms with Crippen molar-refractivity contribution in [2.45, 2.75) is 13.3 Å². The molecule has 0 unspecified atom stereocenters. The SMILES string of the molecule is CC/C(S)=C/C(=O)N(C)C. The predicted molar refractivity (Wildman–Crippen MR) is 46.1 cm³/mol. The molecule has 0 aliphatic rings. The molecular weight excluding hydrogens is 146 g/mol. The monoisotopic (exact) mass is 159 g/mol. The highest BCUT2D eigenvalue weighted by Crippen LogP contribution is 2.04. The van der Waals surface area contributed by atoms with Crippen molar-refractivity contribution in [1.29, 1.82) is 0 Å². The topological polar surface area (TPSA) is 20.3 Å². The largest absolute Gasteiger partial charge is 0.345 e. The molecule has 0 aliphatic carbocycles. The van der Waals surface area contributed by atoms with E-state index in [0.29, 0.717) is 0 Å². The summed E-state index contributed by atoms with van der Waals surface area (Å²) in [6.45, 7) is 1.96. The third kappa shape index (κ3) is 3.56. The number of carbonyl (C=O) groups is 1. The van der Waals surface area contributed by atoms with Gasteiger partial charge in [-0.2, -0.15) is 0 Å². The summed E-state index contributed by atoms with van der Waals surface area (Å²) in [5, 5.41) is 0. The van der Waals surface area contributed by atoms with Crippen LogP contribution in [-0.2, 0) is 4.79 Å². The van der Waals surface area contributed by atoms with Crippen LogP contribution in [0, 0.1) is 0 Å². The minimum absolute atomic E-state index is 0.00755. The fraction of sp³-hybridized carbons (Fsp3) is 0.571. The van der Waals surface area contributed by atoms with Crippen molar-refractivity contribution in [2.75, 3.05) is 14.1 Å². The van der Waals surface area contributed by atoms with Gasteiger partial charge in [0.25, 0.3) is 0 Å². The maximum atomic E-state index is 10.9. The van der Waals surface area contributed by atoms with Crippen LogP contribution in [-0.4, -0.2) is 24.9 Å². The van der Waals surface area contributed by atoms with Crippen LogP contribution in [0.15, 0.2) is 11.0 Å². The lowest BCUT2D eigenvalue weighted by atomic mass is 10.4. The third-order valence-electron chi connectivity index (χ3n) is 1.09. The van der Waals surface area contributed by atoms with Crippen LogP contribution in [0.3, 0.4) is 0 Å². The zero-order valence-corrected chi connectivity index (χ0v) is 7.48. The summed E-state index contributed by atoms with van der Waals surface area (Å²) in [4.78, 5) is 13.3. The average Bonchev–Trinajstić information content (AvgIpc) is 1.87. The third-order valence-corrected chi connectivity index (χ3v) is 1.54. The zero-order valence-electron chi connectivity index (χ0n) is 6.59. The Labute approximate surface area is 67.3 Å². The Morgan fingerprint density at radius 3 is 2.40 bits per heavy atom. The molecule has 0 aromatic rings. The lowest BCUT2D eigenvalue weighted by Crippen LogP contribution is -2.19. The molecule has 0 fully saturated rings. The Bertz CT molecular complexity index is 152. The van der Waals surface area contributed by atoms with Crippen LogP contribution in [0.2, 0.25) is 0 Å². The summed E-state index contributed by atoms with van der Waals surface area (Å²) < 4.78 is 0. The van der Waals surface area contributed by atoms with Gasteiger partial charge in [-0.05, 0) is 11.3 Å². The zero-order chi connectivity index (χ0) is 8.15. The first kappa shape index (κ1) is 9.56. The molecule has 0 saturated heterocycles. The highest BCUT2D eigenvalue weighted by atomic mass is 32.1. The van der Waals surface area contributed by atoms with E-state index in [-0.39, 0.29) is 5.91 Å². The Morgan fingerprint density at radius 2 is 2.10 bits per heavy atom. The maximum Gasteiger partial charge on any atom is 0.246 e. The van der Waals surface area contributed by atoms with Gasteiger partial charge in [-0.15, -0.1) is 12.6 Å². The number of nitrogens with zero attached hydrogens (tertiary/aromatic N) is 1. The minimum atomic E-state index is -0.00755. The Kier molecular flexibility index (Phi) is 4.19. The Hall–Kier alpha value is -0.440. The molecule has 0 atom stereocenters. The first-order chi connectivity index (χ1) is 4.57. The van der Waals surface area contributed by atoms with Crippen LogP contribution in [0.5, 0.6) is 0 Å². The smallest absolute Gasteiger partial charge is 0.246 e. The molecule has 58 valence electrons. The molecule has 0 heterocycles. The molecule has 0 N–H and O–H groups in total.